The lowest BCUT2D eigenvalue weighted by Gasteiger charge is -2.21. The van der Waals surface area contributed by atoms with Gasteiger partial charge >= 0.3 is 0 Å². The first-order valence-electron chi connectivity index (χ1n) is 11.9. The minimum atomic E-state index is 0.266. The van der Waals surface area contributed by atoms with E-state index in [4.69, 9.17) is 10.7 Å². The Hall–Kier alpha value is -3.23. The highest BCUT2D eigenvalue weighted by atomic mass is 28.1. The van der Waals surface area contributed by atoms with E-state index in [0.29, 0.717) is 17.7 Å². The van der Waals surface area contributed by atoms with Gasteiger partial charge in [-0.1, -0.05) is 12.1 Å². The summed E-state index contributed by atoms with van der Waals surface area (Å²) >= 11 is 0. The summed E-state index contributed by atoms with van der Waals surface area (Å²) in [5.41, 5.74) is 13.3. The zero-order chi connectivity index (χ0) is 23.5. The summed E-state index contributed by atoms with van der Waals surface area (Å²) < 4.78 is 0. The molecule has 0 spiro atoms. The van der Waals surface area contributed by atoms with Crippen LogP contribution in [0.1, 0.15) is 43.0 Å². The summed E-state index contributed by atoms with van der Waals surface area (Å²) in [7, 11) is 3.72. The average molecular weight is 469 g/mol. The zero-order valence-corrected chi connectivity index (χ0v) is 20.4. The van der Waals surface area contributed by atoms with E-state index < -0.39 is 0 Å². The molecule has 34 heavy (non-hydrogen) atoms. The van der Waals surface area contributed by atoms with Gasteiger partial charge in [0.2, 0.25) is 5.95 Å². The van der Waals surface area contributed by atoms with Crippen LogP contribution in [0.5, 0.6) is 0 Å². The third kappa shape index (κ3) is 4.83. The molecule has 0 aliphatic heterocycles. The lowest BCUT2D eigenvalue weighted by molar-refractivity contribution is 0.477. The Bertz CT molecular complexity index is 1270. The summed E-state index contributed by atoms with van der Waals surface area (Å²) in [4.78, 5) is 17.3. The maximum absolute atomic E-state index is 5.71. The van der Waals surface area contributed by atoms with E-state index in [1.54, 1.807) is 6.20 Å². The Morgan fingerprint density at radius 3 is 2.85 bits per heavy atom. The highest BCUT2D eigenvalue weighted by molar-refractivity contribution is 6.09. The van der Waals surface area contributed by atoms with E-state index in [0.717, 1.165) is 49.7 Å². The molecule has 4 aromatic rings. The second kappa shape index (κ2) is 9.95. The van der Waals surface area contributed by atoms with Gasteiger partial charge in [0, 0.05) is 69.7 Å². The van der Waals surface area contributed by atoms with Crippen LogP contribution in [0.15, 0.2) is 48.9 Å². The van der Waals surface area contributed by atoms with Gasteiger partial charge in [0.25, 0.3) is 0 Å². The number of hydrogen-bond acceptors (Lipinski definition) is 6. The number of nitrogens with one attached hydrogen (secondary N) is 3. The largest absolute Gasteiger partial charge is 0.397 e. The van der Waals surface area contributed by atoms with E-state index in [1.165, 1.54) is 27.6 Å². The van der Waals surface area contributed by atoms with Crippen molar-refractivity contribution in [3.8, 4) is 11.3 Å². The molecule has 173 valence electrons. The van der Waals surface area contributed by atoms with Crippen molar-refractivity contribution in [1.82, 2.24) is 25.3 Å². The van der Waals surface area contributed by atoms with Crippen LogP contribution in [0.2, 0.25) is 6.04 Å². The molecule has 1 aromatic carbocycles. The fraction of sp³-hybridized carbons (Fsp3) is 0.346. The Labute approximate surface area is 203 Å². The number of pyridine rings is 1. The lowest BCUT2D eigenvalue weighted by Crippen LogP contribution is -2.27. The zero-order valence-electron chi connectivity index (χ0n) is 19.4. The molecule has 7 nitrogen and oxygen atoms in total. The first-order valence-corrected chi connectivity index (χ1v) is 12.6. The third-order valence-corrected chi connectivity index (χ3v) is 7.03. The molecule has 5 rings (SSSR count). The van der Waals surface area contributed by atoms with E-state index in [9.17, 15) is 0 Å². The number of aromatic amines is 1. The number of anilines is 2. The SMILES string of the molecule is CC(CCCC(C[Si])Nc1ncc2c(n1)-c1c[nH]c3cccc(c13)C2)NCc1ccc(N)cn1. The predicted molar refractivity (Wildman–Crippen MR) is 139 cm³/mol. The molecule has 0 bridgehead atoms. The van der Waals surface area contributed by atoms with Gasteiger partial charge in [0.05, 0.1) is 23.3 Å². The molecule has 3 aromatic heterocycles. The minimum absolute atomic E-state index is 0.266. The maximum atomic E-state index is 5.71. The number of benzene rings is 1. The van der Waals surface area contributed by atoms with Crippen molar-refractivity contribution >= 4 is 32.8 Å². The first-order chi connectivity index (χ1) is 16.6. The smallest absolute Gasteiger partial charge is 0.223 e. The van der Waals surface area contributed by atoms with Gasteiger partial charge in [-0.05, 0) is 56.0 Å². The Morgan fingerprint density at radius 1 is 1.12 bits per heavy atom. The van der Waals surface area contributed by atoms with E-state index >= 15 is 0 Å². The fourth-order valence-corrected chi connectivity index (χ4v) is 4.94. The van der Waals surface area contributed by atoms with Gasteiger partial charge < -0.3 is 21.4 Å². The summed E-state index contributed by atoms with van der Waals surface area (Å²) in [6.07, 6.45) is 9.84. The number of hydrogen-bond donors (Lipinski definition) is 4. The number of nitrogen functional groups attached to an aromatic ring is 1. The predicted octanol–water partition coefficient (Wildman–Crippen LogP) is 4.22. The Kier molecular flexibility index (Phi) is 6.60. The molecule has 8 heteroatoms. The topological polar surface area (TPSA) is 105 Å². The average Bonchev–Trinajstić information content (AvgIpc) is 3.29. The van der Waals surface area contributed by atoms with E-state index in [1.807, 2.05) is 18.3 Å². The minimum Gasteiger partial charge on any atom is -0.397 e. The van der Waals surface area contributed by atoms with Crippen molar-refractivity contribution in [2.75, 3.05) is 11.1 Å². The standard InChI is InChI=1S/C26H30N7Si/c1-16(28-13-20-9-8-19(27)12-29-20)4-2-6-21(15-34)32-26-31-11-18-10-17-5-3-7-23-24(17)22(14-30-23)25(18)33-26/h3,5,7-9,11-12,14,16,21,28,30H,2,4,6,10,13,15,27H2,1H3,(H,31,32,33). The number of nitrogens with two attached hydrogens (primary N) is 1. The number of nitrogens with zero attached hydrogens (tertiary/aromatic N) is 3. The molecule has 0 saturated heterocycles. The quantitative estimate of drug-likeness (QED) is 0.229. The molecular weight excluding hydrogens is 438 g/mol. The summed E-state index contributed by atoms with van der Waals surface area (Å²) in [5, 5.41) is 8.37. The van der Waals surface area contributed by atoms with E-state index in [2.05, 4.69) is 67.1 Å². The lowest BCUT2D eigenvalue weighted by atomic mass is 9.91. The van der Waals surface area contributed by atoms with Gasteiger partial charge in [-0.25, -0.2) is 9.97 Å². The third-order valence-electron chi connectivity index (χ3n) is 6.54. The normalized spacial score (nSPS) is 14.1. The van der Waals surface area contributed by atoms with Crippen molar-refractivity contribution in [3.63, 3.8) is 0 Å². The van der Waals surface area contributed by atoms with E-state index in [-0.39, 0.29) is 6.04 Å². The number of rotatable bonds is 10. The Morgan fingerprint density at radius 2 is 2.03 bits per heavy atom. The van der Waals surface area contributed by atoms with Crippen LogP contribution >= 0.6 is 0 Å². The molecule has 0 amide bonds. The second-order valence-electron chi connectivity index (χ2n) is 9.13. The molecular formula is C26H30N7Si. The number of aromatic nitrogens is 4. The van der Waals surface area contributed by atoms with Crippen molar-refractivity contribution in [2.24, 2.45) is 0 Å². The van der Waals surface area contributed by atoms with Crippen LogP contribution < -0.4 is 16.4 Å². The van der Waals surface area contributed by atoms with Crippen molar-refractivity contribution in [1.29, 1.82) is 0 Å². The van der Waals surface area contributed by atoms with Gasteiger partial charge in [0.1, 0.15) is 0 Å². The monoisotopic (exact) mass is 468 g/mol. The molecule has 1 aliphatic carbocycles. The molecule has 3 heterocycles. The van der Waals surface area contributed by atoms with Crippen LogP contribution in [-0.2, 0) is 13.0 Å². The Balaban J connectivity index is 1.16. The second-order valence-corrected chi connectivity index (χ2v) is 9.54. The first kappa shape index (κ1) is 22.6. The molecule has 3 radical (unpaired) electrons. The highest BCUT2D eigenvalue weighted by Gasteiger charge is 2.22. The maximum Gasteiger partial charge on any atom is 0.223 e. The fourth-order valence-electron chi connectivity index (χ4n) is 4.64. The van der Waals surface area contributed by atoms with Crippen molar-refractivity contribution in [2.45, 2.75) is 57.3 Å². The molecule has 2 unspecified atom stereocenters. The van der Waals surface area contributed by atoms with Gasteiger partial charge in [-0.2, -0.15) is 0 Å². The molecule has 5 N–H and O–H groups in total. The highest BCUT2D eigenvalue weighted by Crippen LogP contribution is 2.38. The van der Waals surface area contributed by atoms with Gasteiger partial charge in [-0.3, -0.25) is 4.98 Å². The summed E-state index contributed by atoms with van der Waals surface area (Å²) in [6, 6.07) is 11.8. The molecule has 0 fully saturated rings. The number of fused-ring (bicyclic) bond motifs is 2. The van der Waals surface area contributed by atoms with Gasteiger partial charge in [-0.15, -0.1) is 0 Å². The van der Waals surface area contributed by atoms with Crippen LogP contribution in [0.4, 0.5) is 11.6 Å². The molecule has 2 atom stereocenters. The van der Waals surface area contributed by atoms with Crippen molar-refractivity contribution in [3.05, 3.63) is 65.7 Å². The molecule has 0 saturated carbocycles. The van der Waals surface area contributed by atoms with Crippen LogP contribution in [0.25, 0.3) is 22.2 Å². The van der Waals surface area contributed by atoms with Crippen LogP contribution in [-0.4, -0.2) is 42.3 Å². The van der Waals surface area contributed by atoms with Crippen molar-refractivity contribution < 1.29 is 0 Å². The number of H-pyrrole nitrogens is 1. The summed E-state index contributed by atoms with van der Waals surface area (Å²) in [5.74, 6) is 0.691. The van der Waals surface area contributed by atoms with Gasteiger partial charge in [0.15, 0.2) is 0 Å². The van der Waals surface area contributed by atoms with Crippen LogP contribution in [0, 0.1) is 0 Å². The van der Waals surface area contributed by atoms with Crippen LogP contribution in [0.3, 0.4) is 0 Å². The molecule has 1 aliphatic rings. The summed E-state index contributed by atoms with van der Waals surface area (Å²) in [6.45, 7) is 2.97.